The van der Waals surface area contributed by atoms with E-state index in [9.17, 15) is 9.59 Å². The van der Waals surface area contributed by atoms with Crippen molar-refractivity contribution in [2.24, 2.45) is 17.4 Å². The number of carbonyl (C=O) groups excluding carboxylic acids is 1. The van der Waals surface area contributed by atoms with Crippen molar-refractivity contribution >= 4 is 12.3 Å². The molecule has 0 fully saturated rings. The highest BCUT2D eigenvalue weighted by Gasteiger charge is 2.10. The monoisotopic (exact) mass is 475 g/mol. The van der Waals surface area contributed by atoms with E-state index >= 15 is 0 Å². The Bertz CT molecular complexity index is 481. The van der Waals surface area contributed by atoms with Gasteiger partial charge in [-0.15, -0.1) is 0 Å². The van der Waals surface area contributed by atoms with Crippen LogP contribution in [0.4, 0.5) is 0 Å². The molecule has 0 heterocycles. The lowest BCUT2D eigenvalue weighted by atomic mass is 10.0. The normalized spacial score (nSPS) is 13.1. The largest absolute Gasteiger partial charge is 0.480 e. The lowest BCUT2D eigenvalue weighted by Gasteiger charge is -2.11. The number of rotatable bonds is 17. The summed E-state index contributed by atoms with van der Waals surface area (Å²) in [6.45, 7) is 6.25. The van der Waals surface area contributed by atoms with Gasteiger partial charge in [0.15, 0.2) is 6.29 Å². The minimum Gasteiger partial charge on any atom is -0.480 e. The number of aliphatic carboxylic acids is 1. The van der Waals surface area contributed by atoms with Gasteiger partial charge < -0.3 is 35.6 Å². The van der Waals surface area contributed by atoms with Crippen LogP contribution in [0.2, 0.25) is 0 Å². The Balaban J connectivity index is -0.000000409. The number of carboxylic acids is 1. The number of nitrogens with zero attached hydrogens (tertiary/aromatic N) is 1. The molecule has 0 spiro atoms. The van der Waals surface area contributed by atoms with E-state index in [1.165, 1.54) is 0 Å². The molecule has 0 aromatic rings. The number of aldehydes is 1. The second kappa shape index (κ2) is 26.7. The molecule has 196 valence electrons. The first-order chi connectivity index (χ1) is 15.6. The molecule has 0 rings (SSSR count). The van der Waals surface area contributed by atoms with Crippen molar-refractivity contribution in [2.75, 3.05) is 21.3 Å². The number of nitrogens with two attached hydrogens (primary N) is 2. The zero-order valence-electron chi connectivity index (χ0n) is 21.6. The summed E-state index contributed by atoms with van der Waals surface area (Å²) >= 11 is 0. The molecule has 0 saturated heterocycles. The van der Waals surface area contributed by atoms with E-state index in [0.29, 0.717) is 18.8 Å². The van der Waals surface area contributed by atoms with Crippen LogP contribution in [0.5, 0.6) is 0 Å². The molecule has 0 aromatic heterocycles. The summed E-state index contributed by atoms with van der Waals surface area (Å²) in [4.78, 5) is 20.2. The molecule has 0 bridgehead atoms. The van der Waals surface area contributed by atoms with Crippen molar-refractivity contribution in [3.05, 3.63) is 0 Å². The summed E-state index contributed by atoms with van der Waals surface area (Å²) in [7, 11) is 4.93. The second-order valence-corrected chi connectivity index (χ2v) is 8.33. The Kier molecular flexibility index (Phi) is 29.1. The minimum absolute atomic E-state index is 0.110. The predicted molar refractivity (Wildman–Crippen MR) is 131 cm³/mol. The highest BCUT2D eigenvalue weighted by molar-refractivity contribution is 5.72. The molecule has 33 heavy (non-hydrogen) atoms. The Morgan fingerprint density at radius 2 is 1.48 bits per heavy atom. The maximum atomic E-state index is 10.2. The van der Waals surface area contributed by atoms with Gasteiger partial charge in [0.1, 0.15) is 12.3 Å². The third kappa shape index (κ3) is 30.4. The van der Waals surface area contributed by atoms with Crippen molar-refractivity contribution in [3.8, 4) is 6.07 Å². The Labute approximate surface area is 201 Å². The number of ether oxygens (including phenoxy) is 3. The lowest BCUT2D eigenvalue weighted by molar-refractivity contribution is -0.138. The Morgan fingerprint density at radius 1 is 0.909 bits per heavy atom. The van der Waals surface area contributed by atoms with Gasteiger partial charge in [-0.2, -0.15) is 5.26 Å². The first kappa shape index (κ1) is 36.0. The number of nitriles is 1. The van der Waals surface area contributed by atoms with E-state index in [4.69, 9.17) is 36.0 Å². The topological polar surface area (TPSA) is 158 Å². The molecule has 9 heteroatoms. The second-order valence-electron chi connectivity index (χ2n) is 8.33. The summed E-state index contributed by atoms with van der Waals surface area (Å²) in [6, 6.07) is 1.01. The van der Waals surface area contributed by atoms with Crippen LogP contribution in [0.3, 0.4) is 0 Å². The summed E-state index contributed by atoms with van der Waals surface area (Å²) in [5.41, 5.74) is 10.7. The van der Waals surface area contributed by atoms with E-state index in [-0.39, 0.29) is 18.4 Å². The summed E-state index contributed by atoms with van der Waals surface area (Å²) in [5, 5.41) is 16.8. The fourth-order valence-electron chi connectivity index (χ4n) is 2.55. The maximum Gasteiger partial charge on any atom is 0.320 e. The molecule has 0 aliphatic rings. The highest BCUT2D eigenvalue weighted by atomic mass is 16.7. The summed E-state index contributed by atoms with van der Waals surface area (Å²) < 4.78 is 15.0. The molecule has 0 aliphatic heterocycles. The molecule has 0 radical (unpaired) electrons. The third-order valence-corrected chi connectivity index (χ3v) is 4.85. The van der Waals surface area contributed by atoms with E-state index < -0.39 is 12.0 Å². The Hall–Kier alpha value is -1.57. The van der Waals surface area contributed by atoms with Gasteiger partial charge in [0.2, 0.25) is 0 Å². The van der Waals surface area contributed by atoms with Crippen LogP contribution in [-0.2, 0) is 23.8 Å². The van der Waals surface area contributed by atoms with E-state index in [0.717, 1.165) is 57.7 Å². The first-order valence-corrected chi connectivity index (χ1v) is 11.7. The molecule has 0 amide bonds. The fraction of sp³-hybridized carbons (Fsp3) is 0.875. The molecular formula is C24H49N3O6. The zero-order chi connectivity index (χ0) is 26.1. The van der Waals surface area contributed by atoms with Crippen LogP contribution < -0.4 is 11.5 Å². The molecular weight excluding hydrogens is 426 g/mol. The van der Waals surface area contributed by atoms with Crippen molar-refractivity contribution in [2.45, 2.75) is 109 Å². The number of hydrogen-bond acceptors (Lipinski definition) is 8. The number of methoxy groups -OCH3 is 3. The van der Waals surface area contributed by atoms with Gasteiger partial charge in [0.05, 0.1) is 18.2 Å². The molecule has 0 saturated carbocycles. The average Bonchev–Trinajstić information content (AvgIpc) is 2.79. The molecule has 2 unspecified atom stereocenters. The molecule has 9 nitrogen and oxygen atoms in total. The average molecular weight is 476 g/mol. The predicted octanol–water partition coefficient (Wildman–Crippen LogP) is 3.63. The molecule has 5 N–H and O–H groups in total. The van der Waals surface area contributed by atoms with E-state index in [1.807, 2.05) is 13.0 Å². The first-order valence-electron chi connectivity index (χ1n) is 11.7. The van der Waals surface area contributed by atoms with Gasteiger partial charge in [-0.3, -0.25) is 4.79 Å². The van der Waals surface area contributed by atoms with Gasteiger partial charge in [-0.1, -0.05) is 26.7 Å². The summed E-state index contributed by atoms with van der Waals surface area (Å²) in [6.07, 6.45) is 9.77. The van der Waals surface area contributed by atoms with Crippen molar-refractivity contribution in [3.63, 3.8) is 0 Å². The van der Waals surface area contributed by atoms with Crippen LogP contribution in [0, 0.1) is 17.2 Å². The molecule has 0 aliphatic carbocycles. The van der Waals surface area contributed by atoms with Gasteiger partial charge >= 0.3 is 5.97 Å². The molecule has 3 atom stereocenters. The quantitative estimate of drug-likeness (QED) is 0.162. The van der Waals surface area contributed by atoms with E-state index in [1.54, 1.807) is 21.3 Å². The number of carbonyl (C=O) groups is 2. The minimum atomic E-state index is -0.895. The number of hydrogen-bond donors (Lipinski definition) is 3. The lowest BCUT2D eigenvalue weighted by Crippen LogP contribution is -2.29. The van der Waals surface area contributed by atoms with E-state index in [2.05, 4.69) is 13.8 Å². The SMILES string of the molecule is CC(C)CCC[C@@H](N)C(=O)O.COC(C)CCCC(N)C#N.COC(CCCCC=O)OC. The van der Waals surface area contributed by atoms with Gasteiger partial charge in [-0.25, -0.2) is 0 Å². The standard InChI is InChI=1S/C8H16N2O.C8H17NO2.C8H16O3/c1-7(11-2)4-3-5-8(10)6-9;1-6(2)4-3-5-7(9)8(10)11;1-10-8(11-2)6-4-3-5-7-9/h7-8H,3-5,10H2,1-2H3;6-7H,3-5,9H2,1-2H3,(H,10,11);7-8H,3-6H2,1-2H3/t;7-;/m.1./s1. The highest BCUT2D eigenvalue weighted by Crippen LogP contribution is 2.07. The van der Waals surface area contributed by atoms with Gasteiger partial charge in [0, 0.05) is 27.8 Å². The maximum absolute atomic E-state index is 10.2. The van der Waals surface area contributed by atoms with Crippen molar-refractivity contribution in [1.82, 2.24) is 0 Å². The van der Waals surface area contributed by atoms with Crippen LogP contribution >= 0.6 is 0 Å². The fourth-order valence-corrected chi connectivity index (χ4v) is 2.55. The van der Waals surface area contributed by atoms with Gasteiger partial charge in [0.25, 0.3) is 0 Å². The van der Waals surface area contributed by atoms with Crippen LogP contribution in [0.1, 0.15) is 85.0 Å². The smallest absolute Gasteiger partial charge is 0.320 e. The number of carboxylic acid groups (broad SMARTS) is 1. The van der Waals surface area contributed by atoms with Crippen LogP contribution in [0.15, 0.2) is 0 Å². The van der Waals surface area contributed by atoms with Gasteiger partial charge in [-0.05, 0) is 57.8 Å². The number of unbranched alkanes of at least 4 members (excludes halogenated alkanes) is 2. The zero-order valence-corrected chi connectivity index (χ0v) is 21.6. The van der Waals surface area contributed by atoms with Crippen LogP contribution in [-0.4, -0.2) is 63.2 Å². The van der Waals surface area contributed by atoms with Crippen LogP contribution in [0.25, 0.3) is 0 Å². The van der Waals surface area contributed by atoms with Crippen molar-refractivity contribution in [1.29, 1.82) is 5.26 Å². The molecule has 0 aromatic carbocycles. The third-order valence-electron chi connectivity index (χ3n) is 4.85. The van der Waals surface area contributed by atoms with Crippen molar-refractivity contribution < 1.29 is 28.9 Å². The summed E-state index contributed by atoms with van der Waals surface area (Å²) in [5.74, 6) is -0.259. The Morgan fingerprint density at radius 3 is 1.91 bits per heavy atom.